The molecule has 0 saturated heterocycles. The lowest BCUT2D eigenvalue weighted by atomic mass is 9.89. The first-order chi connectivity index (χ1) is 13.0. The summed E-state index contributed by atoms with van der Waals surface area (Å²) in [6, 6.07) is 12.7. The Hall–Kier alpha value is -2.29. The molecule has 27 heavy (non-hydrogen) atoms. The van der Waals surface area contributed by atoms with Crippen LogP contribution >= 0.6 is 0 Å². The lowest BCUT2D eigenvalue weighted by molar-refractivity contribution is -0.128. The highest BCUT2D eigenvalue weighted by Crippen LogP contribution is 2.25. The number of hydrogen-bond acceptors (Lipinski definition) is 2. The van der Waals surface area contributed by atoms with Crippen LogP contribution in [0.3, 0.4) is 0 Å². The van der Waals surface area contributed by atoms with E-state index in [1.807, 2.05) is 39.8 Å². The van der Waals surface area contributed by atoms with E-state index in [2.05, 4.69) is 29.6 Å². The predicted octanol–water partition coefficient (Wildman–Crippen LogP) is 5.22. The van der Waals surface area contributed by atoms with Gasteiger partial charge in [-0.25, -0.2) is 0 Å². The number of hydrogen-bond donors (Lipinski definition) is 1. The molecule has 1 N–H and O–H groups in total. The number of rotatable bonds is 6. The highest BCUT2D eigenvalue weighted by atomic mass is 16.5. The molecule has 0 aliphatic heterocycles. The van der Waals surface area contributed by atoms with E-state index in [-0.39, 0.29) is 11.9 Å². The zero-order valence-corrected chi connectivity index (χ0v) is 17.0. The third-order valence-electron chi connectivity index (χ3n) is 5.37. The second kappa shape index (κ2) is 8.60. The molecule has 1 amide bonds. The van der Waals surface area contributed by atoms with E-state index >= 15 is 0 Å². The summed E-state index contributed by atoms with van der Waals surface area (Å²) in [6.07, 6.45) is 5.03. The highest BCUT2D eigenvalue weighted by Gasteiger charge is 2.21. The van der Waals surface area contributed by atoms with Crippen LogP contribution in [0.15, 0.2) is 36.4 Å². The first-order valence-electron chi connectivity index (χ1n) is 10.1. The molecule has 0 bridgehead atoms. The third-order valence-corrected chi connectivity index (χ3v) is 5.37. The Morgan fingerprint density at radius 3 is 2.37 bits per heavy atom. The van der Waals surface area contributed by atoms with E-state index in [1.54, 1.807) is 0 Å². The Balaban J connectivity index is 1.67. The molecule has 0 aromatic heterocycles. The molecule has 2 aromatic carbocycles. The largest absolute Gasteiger partial charge is 0.481 e. The highest BCUT2D eigenvalue weighted by molar-refractivity contribution is 5.81. The van der Waals surface area contributed by atoms with Crippen LogP contribution in [0, 0.1) is 13.8 Å². The normalized spacial score (nSPS) is 15.6. The molecule has 2 atom stereocenters. The molecule has 0 heterocycles. The Morgan fingerprint density at radius 1 is 1.04 bits per heavy atom. The van der Waals surface area contributed by atoms with Crippen molar-refractivity contribution in [3.05, 3.63) is 64.2 Å². The number of amides is 1. The average molecular weight is 366 g/mol. The summed E-state index contributed by atoms with van der Waals surface area (Å²) in [5.74, 6) is 0.706. The van der Waals surface area contributed by atoms with Gasteiger partial charge in [0.1, 0.15) is 5.75 Å². The summed E-state index contributed by atoms with van der Waals surface area (Å²) in [7, 11) is 0. The topological polar surface area (TPSA) is 38.3 Å². The van der Waals surface area contributed by atoms with Crippen molar-refractivity contribution < 1.29 is 9.53 Å². The second-order valence-corrected chi connectivity index (χ2v) is 7.80. The van der Waals surface area contributed by atoms with Gasteiger partial charge in [-0.1, -0.05) is 31.2 Å². The lowest BCUT2D eigenvalue weighted by Gasteiger charge is -2.23. The molecular formula is C24H31NO2. The molecule has 144 valence electrons. The van der Waals surface area contributed by atoms with Gasteiger partial charge in [0.2, 0.25) is 0 Å². The fourth-order valence-corrected chi connectivity index (χ4v) is 3.90. The smallest absolute Gasteiger partial charge is 0.261 e. The minimum Gasteiger partial charge on any atom is -0.481 e. The lowest BCUT2D eigenvalue weighted by Crippen LogP contribution is -2.39. The SMILES string of the molecule is CC[C@H](Oc1cc(C)cc(C)c1)C(=O)N[C@@H](C)c1ccc2c(c1)CCCC2. The van der Waals surface area contributed by atoms with Gasteiger partial charge in [-0.2, -0.15) is 0 Å². The number of nitrogens with one attached hydrogen (secondary N) is 1. The van der Waals surface area contributed by atoms with Gasteiger partial charge in [0, 0.05) is 0 Å². The summed E-state index contributed by atoms with van der Waals surface area (Å²) in [5.41, 5.74) is 6.36. The van der Waals surface area contributed by atoms with Gasteiger partial charge in [0.25, 0.3) is 5.91 Å². The minimum absolute atomic E-state index is 0.0263. The summed E-state index contributed by atoms with van der Waals surface area (Å²) in [4.78, 5) is 12.8. The molecule has 2 aromatic rings. The molecule has 0 fully saturated rings. The van der Waals surface area contributed by atoms with Crippen molar-refractivity contribution in [3.63, 3.8) is 0 Å². The van der Waals surface area contributed by atoms with E-state index in [0.29, 0.717) is 6.42 Å². The Bertz CT molecular complexity index is 792. The van der Waals surface area contributed by atoms with Crippen LogP contribution in [0.2, 0.25) is 0 Å². The van der Waals surface area contributed by atoms with Crippen molar-refractivity contribution in [3.8, 4) is 5.75 Å². The average Bonchev–Trinajstić information content (AvgIpc) is 2.64. The van der Waals surface area contributed by atoms with E-state index in [0.717, 1.165) is 23.3 Å². The molecule has 0 radical (unpaired) electrons. The van der Waals surface area contributed by atoms with Gasteiger partial charge in [-0.15, -0.1) is 0 Å². The molecule has 3 rings (SSSR count). The van der Waals surface area contributed by atoms with Gasteiger partial charge >= 0.3 is 0 Å². The number of ether oxygens (including phenoxy) is 1. The van der Waals surface area contributed by atoms with Gasteiger partial charge in [0.05, 0.1) is 6.04 Å². The molecular weight excluding hydrogens is 334 g/mol. The van der Waals surface area contributed by atoms with E-state index in [9.17, 15) is 4.79 Å². The van der Waals surface area contributed by atoms with Crippen LogP contribution in [-0.2, 0) is 17.6 Å². The predicted molar refractivity (Wildman–Crippen MR) is 110 cm³/mol. The van der Waals surface area contributed by atoms with Crippen LogP contribution in [-0.4, -0.2) is 12.0 Å². The third kappa shape index (κ3) is 4.91. The Kier molecular flexibility index (Phi) is 6.20. The quantitative estimate of drug-likeness (QED) is 0.762. The molecule has 1 aliphatic carbocycles. The summed E-state index contributed by atoms with van der Waals surface area (Å²) >= 11 is 0. The van der Waals surface area contributed by atoms with Crippen molar-refractivity contribution in [2.75, 3.05) is 0 Å². The first kappa shape index (κ1) is 19.5. The maximum Gasteiger partial charge on any atom is 0.261 e. The minimum atomic E-state index is -0.480. The van der Waals surface area contributed by atoms with Crippen LogP contribution in [0.5, 0.6) is 5.75 Å². The fraction of sp³-hybridized carbons (Fsp3) is 0.458. The van der Waals surface area contributed by atoms with Crippen LogP contribution in [0.25, 0.3) is 0 Å². The van der Waals surface area contributed by atoms with E-state index in [1.165, 1.54) is 36.0 Å². The Morgan fingerprint density at radius 2 is 1.70 bits per heavy atom. The Labute approximate surface area is 163 Å². The summed E-state index contributed by atoms with van der Waals surface area (Å²) in [6.45, 7) is 8.11. The molecule has 0 spiro atoms. The zero-order valence-electron chi connectivity index (χ0n) is 17.0. The zero-order chi connectivity index (χ0) is 19.4. The van der Waals surface area contributed by atoms with Gasteiger partial charge in [-0.05, 0) is 92.8 Å². The number of fused-ring (bicyclic) bond motifs is 1. The van der Waals surface area contributed by atoms with Crippen LogP contribution in [0.1, 0.15) is 67.0 Å². The second-order valence-electron chi connectivity index (χ2n) is 7.80. The number of benzene rings is 2. The van der Waals surface area contributed by atoms with Crippen molar-refractivity contribution in [2.45, 2.75) is 71.9 Å². The van der Waals surface area contributed by atoms with Crippen molar-refractivity contribution >= 4 is 5.91 Å². The number of carbonyl (C=O) groups excluding carboxylic acids is 1. The summed E-state index contributed by atoms with van der Waals surface area (Å²) < 4.78 is 6.00. The van der Waals surface area contributed by atoms with Crippen LogP contribution < -0.4 is 10.1 Å². The molecule has 3 nitrogen and oxygen atoms in total. The van der Waals surface area contributed by atoms with E-state index in [4.69, 9.17) is 4.74 Å². The van der Waals surface area contributed by atoms with Gasteiger partial charge in [-0.3, -0.25) is 4.79 Å². The van der Waals surface area contributed by atoms with E-state index < -0.39 is 6.10 Å². The van der Waals surface area contributed by atoms with Crippen LogP contribution in [0.4, 0.5) is 0 Å². The number of carbonyl (C=O) groups is 1. The maximum absolute atomic E-state index is 12.8. The first-order valence-corrected chi connectivity index (χ1v) is 10.1. The monoisotopic (exact) mass is 365 g/mol. The summed E-state index contributed by atoms with van der Waals surface area (Å²) in [5, 5.41) is 3.14. The molecule has 0 unspecified atom stereocenters. The van der Waals surface area contributed by atoms with Gasteiger partial charge < -0.3 is 10.1 Å². The molecule has 3 heteroatoms. The van der Waals surface area contributed by atoms with Crippen molar-refractivity contribution in [1.29, 1.82) is 0 Å². The fourth-order valence-electron chi connectivity index (χ4n) is 3.90. The van der Waals surface area contributed by atoms with Gasteiger partial charge in [0.15, 0.2) is 6.10 Å². The maximum atomic E-state index is 12.8. The molecule has 1 aliphatic rings. The number of aryl methyl sites for hydroxylation is 4. The molecule has 0 saturated carbocycles. The van der Waals surface area contributed by atoms with Crippen molar-refractivity contribution in [1.82, 2.24) is 5.32 Å². The van der Waals surface area contributed by atoms with Crippen molar-refractivity contribution in [2.24, 2.45) is 0 Å². The standard InChI is InChI=1S/C24H31NO2/c1-5-23(27-22-13-16(2)12-17(3)14-22)24(26)25-18(4)20-11-10-19-8-6-7-9-21(19)15-20/h10-15,18,23H,5-9H2,1-4H3,(H,25,26)/t18-,23-/m0/s1.